The Morgan fingerprint density at radius 3 is 2.58 bits per heavy atom. The number of anilines is 1. The summed E-state index contributed by atoms with van der Waals surface area (Å²) in [6, 6.07) is 0. The fourth-order valence-corrected chi connectivity index (χ4v) is 5.35. The van der Waals surface area contributed by atoms with Crippen LogP contribution in [0.1, 0.15) is 12.5 Å². The van der Waals surface area contributed by atoms with Gasteiger partial charge in [-0.2, -0.15) is 0 Å². The third kappa shape index (κ3) is 3.45. The molecule has 7 heteroatoms. The molecule has 142 valence electrons. The van der Waals surface area contributed by atoms with Crippen LogP contribution in [0.15, 0.2) is 11.7 Å². The topological polar surface area (TPSA) is 55.7 Å². The SMILES string of the molecule is CCN1CCN(C[C@H]2CN(c3ncnc4c(C)csc34)C[C@H]2CO)CC1. The van der Waals surface area contributed by atoms with E-state index in [0.29, 0.717) is 11.8 Å². The van der Waals surface area contributed by atoms with Gasteiger partial charge in [0.15, 0.2) is 0 Å². The molecule has 1 N–H and O–H groups in total. The molecule has 2 aromatic rings. The molecular formula is C19H29N5OS. The lowest BCUT2D eigenvalue weighted by atomic mass is 9.96. The van der Waals surface area contributed by atoms with E-state index in [0.717, 1.165) is 63.7 Å². The number of likely N-dealkylation sites (N-methyl/N-ethyl adjacent to an activating group) is 1. The Hall–Kier alpha value is -1.28. The highest BCUT2D eigenvalue weighted by atomic mass is 32.1. The fraction of sp³-hybridized carbons (Fsp3) is 0.684. The van der Waals surface area contributed by atoms with Crippen LogP contribution < -0.4 is 4.90 Å². The summed E-state index contributed by atoms with van der Waals surface area (Å²) in [6.45, 7) is 13.3. The highest BCUT2D eigenvalue weighted by molar-refractivity contribution is 7.18. The van der Waals surface area contributed by atoms with Gasteiger partial charge in [-0.05, 0) is 30.3 Å². The van der Waals surface area contributed by atoms with E-state index in [9.17, 15) is 5.11 Å². The number of aryl methyl sites for hydroxylation is 1. The van der Waals surface area contributed by atoms with E-state index in [1.165, 1.54) is 10.3 Å². The van der Waals surface area contributed by atoms with Gasteiger partial charge in [0.1, 0.15) is 12.1 Å². The maximum absolute atomic E-state index is 9.94. The molecular weight excluding hydrogens is 346 g/mol. The van der Waals surface area contributed by atoms with E-state index in [4.69, 9.17) is 0 Å². The highest BCUT2D eigenvalue weighted by Crippen LogP contribution is 2.35. The summed E-state index contributed by atoms with van der Waals surface area (Å²) in [5, 5.41) is 12.1. The Kier molecular flexibility index (Phi) is 5.40. The number of aliphatic hydroxyl groups is 1. The molecule has 2 aliphatic rings. The van der Waals surface area contributed by atoms with Crippen molar-refractivity contribution in [2.75, 3.05) is 63.9 Å². The lowest BCUT2D eigenvalue weighted by Gasteiger charge is -2.36. The van der Waals surface area contributed by atoms with Crippen molar-refractivity contribution in [3.8, 4) is 0 Å². The summed E-state index contributed by atoms with van der Waals surface area (Å²) in [4.78, 5) is 16.5. The summed E-state index contributed by atoms with van der Waals surface area (Å²) in [5.74, 6) is 1.87. The molecule has 0 radical (unpaired) electrons. The quantitative estimate of drug-likeness (QED) is 0.858. The first-order valence-electron chi connectivity index (χ1n) is 9.69. The van der Waals surface area contributed by atoms with E-state index in [1.54, 1.807) is 17.7 Å². The molecule has 0 aliphatic carbocycles. The first kappa shape index (κ1) is 18.1. The smallest absolute Gasteiger partial charge is 0.150 e. The van der Waals surface area contributed by atoms with Gasteiger partial charge in [0, 0.05) is 58.3 Å². The van der Waals surface area contributed by atoms with Crippen LogP contribution in [0.25, 0.3) is 10.2 Å². The maximum Gasteiger partial charge on any atom is 0.150 e. The number of aromatic nitrogens is 2. The number of thiophene rings is 1. The van der Waals surface area contributed by atoms with Gasteiger partial charge in [-0.1, -0.05) is 6.92 Å². The van der Waals surface area contributed by atoms with Crippen LogP contribution >= 0.6 is 11.3 Å². The normalized spacial score (nSPS) is 25.4. The van der Waals surface area contributed by atoms with Gasteiger partial charge in [0.05, 0.1) is 10.2 Å². The molecule has 6 nitrogen and oxygen atoms in total. The molecule has 0 bridgehead atoms. The Morgan fingerprint density at radius 1 is 1.12 bits per heavy atom. The Morgan fingerprint density at radius 2 is 1.85 bits per heavy atom. The molecule has 4 rings (SSSR count). The standard InChI is InChI=1S/C19H29N5OS/c1-3-22-4-6-23(7-5-22)8-15-9-24(10-16(15)11-25)19-18-17(20-13-21-19)14(2)12-26-18/h12-13,15-16,25H,3-11H2,1-2H3/t15-,16-/m0/s1. The van der Waals surface area contributed by atoms with Crippen LogP contribution in [-0.4, -0.2) is 83.8 Å². The predicted molar refractivity (Wildman–Crippen MR) is 107 cm³/mol. The van der Waals surface area contributed by atoms with Crippen LogP contribution in [-0.2, 0) is 0 Å². The number of rotatable bonds is 5. The number of hydrogen-bond acceptors (Lipinski definition) is 7. The molecule has 0 amide bonds. The second-order valence-corrected chi connectivity index (χ2v) is 8.52. The molecule has 26 heavy (non-hydrogen) atoms. The number of nitrogens with zero attached hydrogens (tertiary/aromatic N) is 5. The summed E-state index contributed by atoms with van der Waals surface area (Å²) >= 11 is 1.73. The summed E-state index contributed by atoms with van der Waals surface area (Å²) in [6.07, 6.45) is 1.68. The molecule has 0 saturated carbocycles. The maximum atomic E-state index is 9.94. The van der Waals surface area contributed by atoms with Gasteiger partial charge in [0.25, 0.3) is 0 Å². The van der Waals surface area contributed by atoms with Crippen molar-refractivity contribution in [2.24, 2.45) is 11.8 Å². The van der Waals surface area contributed by atoms with E-state index in [1.807, 2.05) is 0 Å². The Balaban J connectivity index is 1.47. The highest BCUT2D eigenvalue weighted by Gasteiger charge is 2.35. The predicted octanol–water partition coefficient (Wildman–Crippen LogP) is 1.68. The zero-order valence-corrected chi connectivity index (χ0v) is 16.6. The minimum absolute atomic E-state index is 0.258. The second-order valence-electron chi connectivity index (χ2n) is 7.64. The number of hydrogen-bond donors (Lipinski definition) is 1. The van der Waals surface area contributed by atoms with Crippen molar-refractivity contribution in [2.45, 2.75) is 13.8 Å². The zero-order valence-electron chi connectivity index (χ0n) is 15.8. The van der Waals surface area contributed by atoms with Gasteiger partial charge in [-0.15, -0.1) is 11.3 Å². The van der Waals surface area contributed by atoms with Gasteiger partial charge < -0.3 is 19.8 Å². The van der Waals surface area contributed by atoms with E-state index >= 15 is 0 Å². The Labute approximate surface area is 159 Å². The van der Waals surface area contributed by atoms with Crippen molar-refractivity contribution < 1.29 is 5.11 Å². The molecule has 2 fully saturated rings. The average molecular weight is 376 g/mol. The summed E-state index contributed by atoms with van der Waals surface area (Å²) < 4.78 is 1.18. The largest absolute Gasteiger partial charge is 0.396 e. The van der Waals surface area contributed by atoms with Crippen molar-refractivity contribution in [1.29, 1.82) is 0 Å². The summed E-state index contributed by atoms with van der Waals surface area (Å²) in [5.41, 5.74) is 2.29. The lowest BCUT2D eigenvalue weighted by molar-refractivity contribution is 0.106. The first-order valence-corrected chi connectivity index (χ1v) is 10.6. The van der Waals surface area contributed by atoms with Crippen molar-refractivity contribution in [3.05, 3.63) is 17.3 Å². The van der Waals surface area contributed by atoms with Crippen LogP contribution in [0.5, 0.6) is 0 Å². The third-order valence-corrected chi connectivity index (χ3v) is 7.11. The number of aliphatic hydroxyl groups excluding tert-OH is 1. The molecule has 2 saturated heterocycles. The van der Waals surface area contributed by atoms with Crippen LogP contribution in [0.2, 0.25) is 0 Å². The molecule has 0 unspecified atom stereocenters. The van der Waals surface area contributed by atoms with Gasteiger partial charge >= 0.3 is 0 Å². The van der Waals surface area contributed by atoms with Gasteiger partial charge in [0.2, 0.25) is 0 Å². The number of piperazine rings is 1. The molecule has 2 atom stereocenters. The van der Waals surface area contributed by atoms with E-state index in [2.05, 4.69) is 43.9 Å². The van der Waals surface area contributed by atoms with E-state index < -0.39 is 0 Å². The molecule has 0 aromatic carbocycles. The molecule has 4 heterocycles. The van der Waals surface area contributed by atoms with Crippen molar-refractivity contribution in [1.82, 2.24) is 19.8 Å². The minimum atomic E-state index is 0.258. The lowest BCUT2D eigenvalue weighted by Crippen LogP contribution is -2.48. The van der Waals surface area contributed by atoms with Crippen LogP contribution in [0.4, 0.5) is 5.82 Å². The Bertz CT molecular complexity index is 743. The van der Waals surface area contributed by atoms with Gasteiger partial charge in [-0.25, -0.2) is 9.97 Å². The third-order valence-electron chi connectivity index (χ3n) is 6.03. The van der Waals surface area contributed by atoms with E-state index in [-0.39, 0.29) is 6.61 Å². The number of fused-ring (bicyclic) bond motifs is 1. The first-order chi connectivity index (χ1) is 12.7. The fourth-order valence-electron chi connectivity index (χ4n) is 4.33. The molecule has 0 spiro atoms. The van der Waals surface area contributed by atoms with Gasteiger partial charge in [-0.3, -0.25) is 0 Å². The monoisotopic (exact) mass is 375 g/mol. The zero-order chi connectivity index (χ0) is 18.1. The summed E-state index contributed by atoms with van der Waals surface area (Å²) in [7, 11) is 0. The van der Waals surface area contributed by atoms with Crippen molar-refractivity contribution in [3.63, 3.8) is 0 Å². The van der Waals surface area contributed by atoms with Crippen molar-refractivity contribution >= 4 is 27.4 Å². The minimum Gasteiger partial charge on any atom is -0.396 e. The second kappa shape index (κ2) is 7.76. The molecule has 2 aromatic heterocycles. The van der Waals surface area contributed by atoms with Crippen LogP contribution in [0, 0.1) is 18.8 Å². The molecule has 2 aliphatic heterocycles. The van der Waals surface area contributed by atoms with Crippen LogP contribution in [0.3, 0.4) is 0 Å². The average Bonchev–Trinajstić information content (AvgIpc) is 3.26.